The lowest BCUT2D eigenvalue weighted by Crippen LogP contribution is -2.42. The molecule has 0 saturated carbocycles. The molecule has 1 aliphatic heterocycles. The van der Waals surface area contributed by atoms with Gasteiger partial charge >= 0.3 is 0 Å². The summed E-state index contributed by atoms with van der Waals surface area (Å²) < 4.78 is 0. The molecule has 0 saturated heterocycles. The van der Waals surface area contributed by atoms with Crippen molar-refractivity contribution in [3.8, 4) is 0 Å². The van der Waals surface area contributed by atoms with Gasteiger partial charge in [-0.05, 0) is 33.1 Å². The first-order valence-electron chi connectivity index (χ1n) is 10.4. The fourth-order valence-electron chi connectivity index (χ4n) is 3.66. The second kappa shape index (κ2) is 12.7. The molecule has 0 aromatic carbocycles. The van der Waals surface area contributed by atoms with Gasteiger partial charge in [0, 0.05) is 25.0 Å². The molecule has 0 bridgehead atoms. The molecule has 1 rings (SSSR count). The highest BCUT2D eigenvalue weighted by molar-refractivity contribution is 4.98. The lowest BCUT2D eigenvalue weighted by molar-refractivity contribution is 0.115. The van der Waals surface area contributed by atoms with Gasteiger partial charge in [0.2, 0.25) is 0 Å². The average Bonchev–Trinajstić information content (AvgIpc) is 2.93. The third-order valence-electron chi connectivity index (χ3n) is 5.05. The van der Waals surface area contributed by atoms with Gasteiger partial charge in [0.05, 0.1) is 0 Å². The number of hydrogen-bond donors (Lipinski definition) is 0. The molecule has 2 heteroatoms. The fourth-order valence-corrected chi connectivity index (χ4v) is 3.66. The van der Waals surface area contributed by atoms with E-state index in [-0.39, 0.29) is 0 Å². The van der Waals surface area contributed by atoms with E-state index in [1.165, 1.54) is 83.6 Å². The van der Waals surface area contributed by atoms with Gasteiger partial charge < -0.3 is 9.80 Å². The number of unbranched alkanes of at least 4 members (excludes halogenated alkanes) is 9. The highest BCUT2D eigenvalue weighted by Crippen LogP contribution is 2.24. The molecule has 0 aromatic heterocycles. The quantitative estimate of drug-likeness (QED) is 0.335. The van der Waals surface area contributed by atoms with Gasteiger partial charge in [-0.15, -0.1) is 0 Å². The highest BCUT2D eigenvalue weighted by atomic mass is 15.4. The first kappa shape index (κ1) is 20.4. The van der Waals surface area contributed by atoms with E-state index >= 15 is 0 Å². The smallest absolute Gasteiger partial charge is 0.101 e. The largest absolute Gasteiger partial charge is 0.356 e. The lowest BCUT2D eigenvalue weighted by atomic mass is 10.0. The Morgan fingerprint density at radius 2 is 1.30 bits per heavy atom. The van der Waals surface area contributed by atoms with Crippen molar-refractivity contribution in [3.05, 3.63) is 12.4 Å². The Kier molecular flexibility index (Phi) is 11.3. The molecule has 1 unspecified atom stereocenters. The van der Waals surface area contributed by atoms with Crippen LogP contribution in [0, 0.1) is 0 Å². The molecule has 0 radical (unpaired) electrons. The molecule has 0 spiro atoms. The van der Waals surface area contributed by atoms with Gasteiger partial charge in [-0.3, -0.25) is 0 Å². The van der Waals surface area contributed by atoms with Crippen molar-refractivity contribution in [1.82, 2.24) is 9.80 Å². The molecule has 0 aliphatic carbocycles. The van der Waals surface area contributed by atoms with Crippen LogP contribution in [0.1, 0.15) is 105 Å². The van der Waals surface area contributed by atoms with Crippen LogP contribution >= 0.6 is 0 Å². The average molecular weight is 323 g/mol. The number of nitrogens with zero attached hydrogens (tertiary/aromatic N) is 2. The minimum Gasteiger partial charge on any atom is -0.356 e. The zero-order valence-electron chi connectivity index (χ0n) is 16.4. The maximum absolute atomic E-state index is 2.55. The molecule has 23 heavy (non-hydrogen) atoms. The molecule has 136 valence electrons. The van der Waals surface area contributed by atoms with E-state index in [2.05, 4.69) is 49.9 Å². The van der Waals surface area contributed by atoms with Crippen LogP contribution in [-0.4, -0.2) is 28.6 Å². The molecule has 0 fully saturated rings. The Hall–Kier alpha value is -0.660. The van der Waals surface area contributed by atoms with Crippen LogP contribution in [0.2, 0.25) is 0 Å². The van der Waals surface area contributed by atoms with Crippen LogP contribution in [0.3, 0.4) is 0 Å². The Balaban J connectivity index is 2.08. The van der Waals surface area contributed by atoms with Gasteiger partial charge in [0.1, 0.15) is 6.17 Å². The van der Waals surface area contributed by atoms with Crippen LogP contribution in [-0.2, 0) is 0 Å². The summed E-state index contributed by atoms with van der Waals surface area (Å²) in [5, 5.41) is 0. The van der Waals surface area contributed by atoms with Crippen LogP contribution in [0.5, 0.6) is 0 Å². The molecule has 0 amide bonds. The summed E-state index contributed by atoms with van der Waals surface area (Å²) in [6.45, 7) is 10.4. The third-order valence-corrected chi connectivity index (χ3v) is 5.05. The first-order valence-corrected chi connectivity index (χ1v) is 10.4. The predicted molar refractivity (Wildman–Crippen MR) is 103 cm³/mol. The second-order valence-electron chi connectivity index (χ2n) is 7.53. The summed E-state index contributed by atoms with van der Waals surface area (Å²) in [7, 11) is 0. The van der Waals surface area contributed by atoms with Crippen molar-refractivity contribution in [3.63, 3.8) is 0 Å². The third kappa shape index (κ3) is 8.13. The van der Waals surface area contributed by atoms with Gasteiger partial charge in [0.25, 0.3) is 0 Å². The molecule has 2 nitrogen and oxygen atoms in total. The van der Waals surface area contributed by atoms with Crippen LogP contribution < -0.4 is 0 Å². The Bertz CT molecular complexity index is 298. The van der Waals surface area contributed by atoms with Gasteiger partial charge in [-0.25, -0.2) is 0 Å². The number of hydrogen-bond acceptors (Lipinski definition) is 2. The molecule has 1 aliphatic rings. The maximum atomic E-state index is 2.55. The molecular formula is C21H42N2. The Morgan fingerprint density at radius 3 is 1.83 bits per heavy atom. The van der Waals surface area contributed by atoms with E-state index in [9.17, 15) is 0 Å². The minimum atomic E-state index is 0.612. The number of rotatable bonds is 14. The van der Waals surface area contributed by atoms with E-state index in [0.29, 0.717) is 12.2 Å². The summed E-state index contributed by atoms with van der Waals surface area (Å²) in [6.07, 6.45) is 22.1. The van der Waals surface area contributed by atoms with Crippen molar-refractivity contribution < 1.29 is 0 Å². The molecule has 1 atom stereocenters. The van der Waals surface area contributed by atoms with E-state index in [0.717, 1.165) is 0 Å². The standard InChI is InChI=1S/C21H42N2/c1-5-7-8-9-10-11-12-13-14-15-16-21-22(17-6-2)18-19-23(21)20(3)4/h18-21H,5-17H2,1-4H3. The van der Waals surface area contributed by atoms with Crippen LogP contribution in [0.25, 0.3) is 0 Å². The first-order chi connectivity index (χ1) is 11.2. The SMILES string of the molecule is CCCCCCCCCCCCC1N(CCC)C=CN1C(C)C. The van der Waals surface area contributed by atoms with Crippen molar-refractivity contribution in [1.29, 1.82) is 0 Å². The second-order valence-corrected chi connectivity index (χ2v) is 7.53. The van der Waals surface area contributed by atoms with Crippen LogP contribution in [0.4, 0.5) is 0 Å². The highest BCUT2D eigenvalue weighted by Gasteiger charge is 2.26. The van der Waals surface area contributed by atoms with Gasteiger partial charge in [0.15, 0.2) is 0 Å². The molecular weight excluding hydrogens is 280 g/mol. The zero-order chi connectivity index (χ0) is 16.9. The lowest BCUT2D eigenvalue weighted by Gasteiger charge is -2.35. The summed E-state index contributed by atoms with van der Waals surface area (Å²) >= 11 is 0. The minimum absolute atomic E-state index is 0.612. The zero-order valence-corrected chi connectivity index (χ0v) is 16.4. The van der Waals surface area contributed by atoms with Crippen molar-refractivity contribution >= 4 is 0 Å². The maximum Gasteiger partial charge on any atom is 0.101 e. The monoisotopic (exact) mass is 322 g/mol. The van der Waals surface area contributed by atoms with E-state index in [4.69, 9.17) is 0 Å². The Labute approximate surface area is 146 Å². The molecule has 0 aromatic rings. The normalized spacial score (nSPS) is 17.7. The predicted octanol–water partition coefficient (Wildman–Crippen LogP) is 6.53. The summed E-state index contributed by atoms with van der Waals surface area (Å²) in [5.74, 6) is 0. The van der Waals surface area contributed by atoms with E-state index < -0.39 is 0 Å². The van der Waals surface area contributed by atoms with Gasteiger partial charge in [-0.1, -0.05) is 71.6 Å². The molecule has 1 heterocycles. The van der Waals surface area contributed by atoms with Gasteiger partial charge in [-0.2, -0.15) is 0 Å². The fraction of sp³-hybridized carbons (Fsp3) is 0.905. The molecule has 0 N–H and O–H groups in total. The summed E-state index contributed by atoms with van der Waals surface area (Å²) in [4.78, 5) is 5.09. The Morgan fingerprint density at radius 1 is 0.739 bits per heavy atom. The van der Waals surface area contributed by atoms with Crippen molar-refractivity contribution in [2.75, 3.05) is 6.54 Å². The van der Waals surface area contributed by atoms with Crippen LogP contribution in [0.15, 0.2) is 12.4 Å². The summed E-state index contributed by atoms with van der Waals surface area (Å²) in [6, 6.07) is 0.612. The topological polar surface area (TPSA) is 6.48 Å². The van der Waals surface area contributed by atoms with E-state index in [1.54, 1.807) is 0 Å². The van der Waals surface area contributed by atoms with Crippen molar-refractivity contribution in [2.45, 2.75) is 117 Å². The van der Waals surface area contributed by atoms with E-state index in [1.807, 2.05) is 0 Å². The van der Waals surface area contributed by atoms with Crippen molar-refractivity contribution in [2.24, 2.45) is 0 Å². The summed E-state index contributed by atoms with van der Waals surface area (Å²) in [5.41, 5.74) is 0.